The Morgan fingerprint density at radius 2 is 1.67 bits per heavy atom. The van der Waals surface area contributed by atoms with Gasteiger partial charge in [0.1, 0.15) is 17.2 Å². The molecule has 1 N–H and O–H groups in total. The molecule has 0 aliphatic carbocycles. The van der Waals surface area contributed by atoms with Crippen molar-refractivity contribution in [1.29, 1.82) is 0 Å². The van der Waals surface area contributed by atoms with Gasteiger partial charge >= 0.3 is 6.03 Å². The molecule has 2 aromatic carbocycles. The van der Waals surface area contributed by atoms with Crippen LogP contribution in [0.1, 0.15) is 46.1 Å². The van der Waals surface area contributed by atoms with Gasteiger partial charge < -0.3 is 29.3 Å². The Bertz CT molecular complexity index is 1220. The predicted molar refractivity (Wildman–Crippen MR) is 173 cm³/mol. The highest BCUT2D eigenvalue weighted by atomic mass is 16.5. The standard InChI is InChI=1S/C34H50N4O5/c1-26(25-34(2,3)4)23-32(39)37(16-10-12-27-11-8-9-13-30(27)42-6)20-17-36-18-21-38(22-19-36)33(40)35-29-15-14-28(41-5)24-31(29)43-7/h8-15,24,26H,16-23,25H2,1-7H3,(H,35,40). The van der Waals surface area contributed by atoms with Crippen LogP contribution in [0, 0.1) is 11.3 Å². The zero-order chi connectivity index (χ0) is 31.4. The number of hydrogen-bond acceptors (Lipinski definition) is 6. The quantitative estimate of drug-likeness (QED) is 0.313. The lowest BCUT2D eigenvalue weighted by atomic mass is 9.84. The number of amides is 3. The number of para-hydroxylation sites is 1. The monoisotopic (exact) mass is 594 g/mol. The van der Waals surface area contributed by atoms with Crippen LogP contribution in [0.3, 0.4) is 0 Å². The van der Waals surface area contributed by atoms with E-state index in [9.17, 15) is 9.59 Å². The molecule has 1 saturated heterocycles. The van der Waals surface area contributed by atoms with E-state index in [-0.39, 0.29) is 17.4 Å². The molecule has 0 bridgehead atoms. The number of benzene rings is 2. The Morgan fingerprint density at radius 1 is 0.977 bits per heavy atom. The van der Waals surface area contributed by atoms with Crippen LogP contribution in [-0.2, 0) is 4.79 Å². The van der Waals surface area contributed by atoms with E-state index >= 15 is 0 Å². The van der Waals surface area contributed by atoms with Crippen molar-refractivity contribution in [3.63, 3.8) is 0 Å². The number of hydrogen-bond donors (Lipinski definition) is 1. The van der Waals surface area contributed by atoms with Crippen LogP contribution >= 0.6 is 0 Å². The van der Waals surface area contributed by atoms with Gasteiger partial charge in [-0.1, -0.05) is 58.0 Å². The van der Waals surface area contributed by atoms with Crippen molar-refractivity contribution in [3.05, 3.63) is 54.1 Å². The Labute approximate surface area is 257 Å². The number of urea groups is 1. The average molecular weight is 595 g/mol. The van der Waals surface area contributed by atoms with E-state index in [2.05, 4.69) is 37.9 Å². The minimum atomic E-state index is -0.158. The van der Waals surface area contributed by atoms with E-state index in [1.54, 1.807) is 39.5 Å². The molecule has 2 aromatic rings. The van der Waals surface area contributed by atoms with E-state index in [0.717, 1.165) is 37.4 Å². The largest absolute Gasteiger partial charge is 0.497 e. The van der Waals surface area contributed by atoms with E-state index < -0.39 is 0 Å². The van der Waals surface area contributed by atoms with Gasteiger partial charge in [-0.25, -0.2) is 4.79 Å². The molecule has 1 aliphatic heterocycles. The van der Waals surface area contributed by atoms with Crippen LogP contribution in [0.2, 0.25) is 0 Å². The van der Waals surface area contributed by atoms with Crippen molar-refractivity contribution in [3.8, 4) is 17.2 Å². The molecule has 0 spiro atoms. The first-order valence-electron chi connectivity index (χ1n) is 15.1. The fourth-order valence-electron chi connectivity index (χ4n) is 5.51. The molecule has 1 fully saturated rings. The molecule has 1 atom stereocenters. The van der Waals surface area contributed by atoms with Crippen molar-refractivity contribution in [2.24, 2.45) is 11.3 Å². The molecule has 9 nitrogen and oxygen atoms in total. The number of anilines is 1. The molecule has 3 amide bonds. The average Bonchev–Trinajstić information content (AvgIpc) is 2.98. The fourth-order valence-corrected chi connectivity index (χ4v) is 5.51. The summed E-state index contributed by atoms with van der Waals surface area (Å²) in [5.74, 6) is 2.50. The highest BCUT2D eigenvalue weighted by molar-refractivity contribution is 5.91. The van der Waals surface area contributed by atoms with E-state index in [0.29, 0.717) is 55.7 Å². The van der Waals surface area contributed by atoms with E-state index in [1.165, 1.54) is 0 Å². The number of methoxy groups -OCH3 is 3. The van der Waals surface area contributed by atoms with E-state index in [4.69, 9.17) is 14.2 Å². The lowest BCUT2D eigenvalue weighted by Crippen LogP contribution is -2.51. The molecule has 0 saturated carbocycles. The molecule has 3 rings (SSSR count). The Morgan fingerprint density at radius 3 is 2.33 bits per heavy atom. The van der Waals surface area contributed by atoms with Crippen molar-refractivity contribution in [2.75, 3.05) is 72.5 Å². The van der Waals surface area contributed by atoms with Crippen LogP contribution in [0.5, 0.6) is 17.2 Å². The van der Waals surface area contributed by atoms with Gasteiger partial charge in [0.05, 0.1) is 27.0 Å². The number of nitrogens with one attached hydrogen (secondary N) is 1. The minimum absolute atomic E-state index is 0.158. The topological polar surface area (TPSA) is 83.6 Å². The first kappa shape index (κ1) is 33.8. The van der Waals surface area contributed by atoms with Crippen molar-refractivity contribution in [2.45, 2.75) is 40.5 Å². The predicted octanol–water partition coefficient (Wildman–Crippen LogP) is 5.87. The van der Waals surface area contributed by atoms with Gasteiger partial charge in [-0.05, 0) is 36.0 Å². The highest BCUT2D eigenvalue weighted by Crippen LogP contribution is 2.29. The second kappa shape index (κ2) is 16.2. The molecule has 0 aromatic heterocycles. The van der Waals surface area contributed by atoms with Crippen LogP contribution in [-0.4, -0.2) is 93.8 Å². The third-order valence-corrected chi connectivity index (χ3v) is 7.59. The summed E-state index contributed by atoms with van der Waals surface area (Å²) in [6.07, 6.45) is 5.59. The maximum Gasteiger partial charge on any atom is 0.322 e. The molecule has 236 valence electrons. The van der Waals surface area contributed by atoms with Gasteiger partial charge in [0.15, 0.2) is 0 Å². The molecule has 0 radical (unpaired) electrons. The third-order valence-electron chi connectivity index (χ3n) is 7.59. The lowest BCUT2D eigenvalue weighted by Gasteiger charge is -2.36. The number of carbonyl (C=O) groups is 2. The van der Waals surface area contributed by atoms with Crippen LogP contribution in [0.25, 0.3) is 6.08 Å². The number of ether oxygens (including phenoxy) is 3. The molecule has 9 heteroatoms. The summed E-state index contributed by atoms with van der Waals surface area (Å²) in [6, 6.07) is 13.0. The van der Waals surface area contributed by atoms with E-state index in [1.807, 2.05) is 46.2 Å². The zero-order valence-corrected chi connectivity index (χ0v) is 27.0. The summed E-state index contributed by atoms with van der Waals surface area (Å²) in [4.78, 5) is 32.5. The molecule has 1 aliphatic rings. The number of rotatable bonds is 13. The fraction of sp³-hybridized carbons (Fsp3) is 0.529. The number of nitrogens with zero attached hydrogens (tertiary/aromatic N) is 3. The first-order chi connectivity index (χ1) is 20.5. The highest BCUT2D eigenvalue weighted by Gasteiger charge is 2.24. The van der Waals surface area contributed by atoms with Crippen molar-refractivity contribution in [1.82, 2.24) is 14.7 Å². The van der Waals surface area contributed by atoms with Crippen molar-refractivity contribution < 1.29 is 23.8 Å². The molecular weight excluding hydrogens is 544 g/mol. The van der Waals surface area contributed by atoms with Gasteiger partial charge in [-0.3, -0.25) is 9.69 Å². The minimum Gasteiger partial charge on any atom is -0.497 e. The normalized spacial score (nSPS) is 14.8. The summed E-state index contributed by atoms with van der Waals surface area (Å²) >= 11 is 0. The summed E-state index contributed by atoms with van der Waals surface area (Å²) in [6.45, 7) is 13.4. The SMILES string of the molecule is COc1ccc(NC(=O)N2CCN(CCN(CC=Cc3ccccc3OC)C(=O)CC(C)CC(C)(C)C)CC2)c(OC)c1. The summed E-state index contributed by atoms with van der Waals surface area (Å²) in [7, 11) is 4.82. The van der Waals surface area contributed by atoms with Gasteiger partial charge in [0, 0.05) is 63.9 Å². The number of carbonyl (C=O) groups excluding carboxylic acids is 2. The lowest BCUT2D eigenvalue weighted by molar-refractivity contribution is -0.132. The number of piperazine rings is 1. The molecule has 1 heterocycles. The van der Waals surface area contributed by atoms with Crippen LogP contribution < -0.4 is 19.5 Å². The first-order valence-corrected chi connectivity index (χ1v) is 15.1. The van der Waals surface area contributed by atoms with Gasteiger partial charge in [-0.2, -0.15) is 0 Å². The molecule has 43 heavy (non-hydrogen) atoms. The maximum atomic E-state index is 13.5. The zero-order valence-electron chi connectivity index (χ0n) is 27.0. The Hall–Kier alpha value is -3.72. The Balaban J connectivity index is 1.57. The van der Waals surface area contributed by atoms with Gasteiger partial charge in [-0.15, -0.1) is 0 Å². The third kappa shape index (κ3) is 10.8. The van der Waals surface area contributed by atoms with Crippen LogP contribution in [0.4, 0.5) is 10.5 Å². The molecular formula is C34H50N4O5. The maximum absolute atomic E-state index is 13.5. The van der Waals surface area contributed by atoms with Crippen molar-refractivity contribution >= 4 is 23.7 Å². The van der Waals surface area contributed by atoms with Crippen LogP contribution in [0.15, 0.2) is 48.5 Å². The van der Waals surface area contributed by atoms with Gasteiger partial charge in [0.25, 0.3) is 0 Å². The second-order valence-electron chi connectivity index (χ2n) is 12.4. The second-order valence-corrected chi connectivity index (χ2v) is 12.4. The molecule has 1 unspecified atom stereocenters. The summed E-state index contributed by atoms with van der Waals surface area (Å²) < 4.78 is 16.1. The Kier molecular flexibility index (Phi) is 12.7. The smallest absolute Gasteiger partial charge is 0.322 e. The summed E-state index contributed by atoms with van der Waals surface area (Å²) in [5.41, 5.74) is 1.77. The van der Waals surface area contributed by atoms with Gasteiger partial charge in [0.2, 0.25) is 5.91 Å². The summed E-state index contributed by atoms with van der Waals surface area (Å²) in [5, 5.41) is 2.96.